The van der Waals surface area contributed by atoms with Gasteiger partial charge >= 0.3 is 6.09 Å². The fourth-order valence-corrected chi connectivity index (χ4v) is 5.05. The van der Waals surface area contributed by atoms with Crippen molar-refractivity contribution in [1.82, 2.24) is 9.78 Å². The van der Waals surface area contributed by atoms with Crippen LogP contribution in [0.1, 0.15) is 85.1 Å². The van der Waals surface area contributed by atoms with Crippen LogP contribution in [-0.4, -0.2) is 33.9 Å². The maximum atomic E-state index is 13.7. The van der Waals surface area contributed by atoms with E-state index in [-0.39, 0.29) is 18.3 Å². The number of Topliss-reactive ketones (excluding diaryl/α,β-unsaturated/α-hetero) is 1. The normalized spacial score (nSPS) is 13.9. The number of aromatic nitrogens is 2. The third-order valence-corrected chi connectivity index (χ3v) is 7.33. The molecule has 0 aliphatic heterocycles. The number of carbonyl (C=O) groups excluding carboxylic acids is 2. The van der Waals surface area contributed by atoms with Gasteiger partial charge in [-0.05, 0) is 105 Å². The Labute approximate surface area is 254 Å². The van der Waals surface area contributed by atoms with Crippen LogP contribution in [0, 0.1) is 12.8 Å². The molecule has 1 atom stereocenters. The molecular weight excluding hydrogens is 538 g/mol. The molecule has 0 spiro atoms. The highest BCUT2D eigenvalue weighted by molar-refractivity contribution is 5.96. The zero-order valence-electron chi connectivity index (χ0n) is 25.7. The fraction of sp³-hybridized carbons (Fsp3) is 0.361. The first-order chi connectivity index (χ1) is 20.6. The van der Waals surface area contributed by atoms with Crippen LogP contribution in [0.5, 0.6) is 0 Å². The minimum Gasteiger partial charge on any atom is -0.444 e. The van der Waals surface area contributed by atoms with Crippen molar-refractivity contribution in [3.05, 3.63) is 113 Å². The van der Waals surface area contributed by atoms with E-state index in [1.54, 1.807) is 4.68 Å². The molecule has 43 heavy (non-hydrogen) atoms. The van der Waals surface area contributed by atoms with Crippen molar-refractivity contribution in [3.63, 3.8) is 0 Å². The highest BCUT2D eigenvalue weighted by Crippen LogP contribution is 2.34. The predicted molar refractivity (Wildman–Crippen MR) is 169 cm³/mol. The SMILES string of the molecule is CCc1cccc(-n2nc(C)cc2C(=O)Cc2cccc(C(OCC3CC3)c3cccc(NC(=O)OC(C)(C)C)c3)c2)c1. The summed E-state index contributed by atoms with van der Waals surface area (Å²) in [6.45, 7) is 10.2. The summed E-state index contributed by atoms with van der Waals surface area (Å²) >= 11 is 0. The molecular formula is C36H41N3O4. The van der Waals surface area contributed by atoms with E-state index >= 15 is 0 Å². The topological polar surface area (TPSA) is 82.5 Å². The van der Waals surface area contributed by atoms with Crippen molar-refractivity contribution in [1.29, 1.82) is 0 Å². The van der Waals surface area contributed by atoms with E-state index in [9.17, 15) is 9.59 Å². The van der Waals surface area contributed by atoms with Crippen molar-refractivity contribution in [3.8, 4) is 5.69 Å². The Morgan fingerprint density at radius 2 is 1.65 bits per heavy atom. The number of benzene rings is 3. The number of hydrogen-bond acceptors (Lipinski definition) is 5. The lowest BCUT2D eigenvalue weighted by atomic mass is 9.97. The second kappa shape index (κ2) is 13.0. The number of aryl methyl sites for hydroxylation is 2. The molecule has 1 aliphatic carbocycles. The van der Waals surface area contributed by atoms with Crippen LogP contribution < -0.4 is 5.32 Å². The smallest absolute Gasteiger partial charge is 0.412 e. The first-order valence-electron chi connectivity index (χ1n) is 15.1. The summed E-state index contributed by atoms with van der Waals surface area (Å²) < 4.78 is 13.7. The standard InChI is InChI=1S/C36H41N3O4/c1-6-25-10-8-15-31(20-25)39-32(18-24(2)38-39)33(40)21-27-11-7-12-28(19-27)34(42-23-26-16-17-26)29-13-9-14-30(22-29)37-35(41)43-36(3,4)5/h7-15,18-20,22,26,34H,6,16-17,21,23H2,1-5H3,(H,37,41). The zero-order valence-corrected chi connectivity index (χ0v) is 25.7. The lowest BCUT2D eigenvalue weighted by Gasteiger charge is -2.22. The molecule has 5 rings (SSSR count). The van der Waals surface area contributed by atoms with E-state index < -0.39 is 11.7 Å². The number of hydrogen-bond donors (Lipinski definition) is 1. The molecule has 1 unspecified atom stereocenters. The van der Waals surface area contributed by atoms with Gasteiger partial charge in [-0.3, -0.25) is 10.1 Å². The maximum absolute atomic E-state index is 13.7. The second-order valence-corrected chi connectivity index (χ2v) is 12.4. The van der Waals surface area contributed by atoms with Crippen LogP contribution in [0.25, 0.3) is 5.69 Å². The van der Waals surface area contributed by atoms with E-state index in [2.05, 4.69) is 35.5 Å². The minimum atomic E-state index is -0.592. The van der Waals surface area contributed by atoms with Crippen molar-refractivity contribution < 1.29 is 19.1 Å². The van der Waals surface area contributed by atoms with Gasteiger partial charge in [0.15, 0.2) is 5.78 Å². The molecule has 1 fully saturated rings. The summed E-state index contributed by atoms with van der Waals surface area (Å²) in [5, 5.41) is 7.47. The summed E-state index contributed by atoms with van der Waals surface area (Å²) in [5.41, 5.74) is 6.27. The Morgan fingerprint density at radius 1 is 0.953 bits per heavy atom. The number of nitrogens with one attached hydrogen (secondary N) is 1. The van der Waals surface area contributed by atoms with Crippen LogP contribution in [0.15, 0.2) is 78.9 Å². The summed E-state index contributed by atoms with van der Waals surface area (Å²) in [5.74, 6) is 0.573. The van der Waals surface area contributed by atoms with Crippen molar-refractivity contribution >= 4 is 17.6 Å². The van der Waals surface area contributed by atoms with Crippen molar-refractivity contribution in [2.24, 2.45) is 5.92 Å². The van der Waals surface area contributed by atoms with E-state index in [1.165, 1.54) is 18.4 Å². The van der Waals surface area contributed by atoms with Crippen LogP contribution in [0.3, 0.4) is 0 Å². The predicted octanol–water partition coefficient (Wildman–Crippen LogP) is 8.03. The van der Waals surface area contributed by atoms with Gasteiger partial charge in [0, 0.05) is 12.1 Å². The van der Waals surface area contributed by atoms with E-state index in [1.807, 2.05) is 88.4 Å². The summed E-state index contributed by atoms with van der Waals surface area (Å²) in [7, 11) is 0. The molecule has 224 valence electrons. The quantitative estimate of drug-likeness (QED) is 0.182. The van der Waals surface area contributed by atoms with Gasteiger partial charge in [-0.2, -0.15) is 5.10 Å². The molecule has 7 nitrogen and oxygen atoms in total. The lowest BCUT2D eigenvalue weighted by molar-refractivity contribution is 0.0634. The number of amides is 1. The monoisotopic (exact) mass is 579 g/mol. The van der Waals surface area contributed by atoms with Crippen molar-refractivity contribution in [2.75, 3.05) is 11.9 Å². The number of ether oxygens (including phenoxy) is 2. The Morgan fingerprint density at radius 3 is 2.37 bits per heavy atom. The maximum Gasteiger partial charge on any atom is 0.412 e. The van der Waals surface area contributed by atoms with Gasteiger partial charge in [0.25, 0.3) is 0 Å². The highest BCUT2D eigenvalue weighted by Gasteiger charge is 2.25. The van der Waals surface area contributed by atoms with E-state index in [4.69, 9.17) is 9.47 Å². The first-order valence-corrected chi connectivity index (χ1v) is 15.1. The molecule has 1 saturated carbocycles. The molecule has 4 aromatic rings. The molecule has 1 N–H and O–H groups in total. The number of carbonyl (C=O) groups is 2. The minimum absolute atomic E-state index is 0.00124. The van der Waals surface area contributed by atoms with Crippen LogP contribution in [0.2, 0.25) is 0 Å². The van der Waals surface area contributed by atoms with Crippen LogP contribution >= 0.6 is 0 Å². The third kappa shape index (κ3) is 8.20. The average molecular weight is 580 g/mol. The van der Waals surface area contributed by atoms with Crippen LogP contribution in [-0.2, 0) is 22.3 Å². The average Bonchev–Trinajstić information content (AvgIpc) is 3.71. The first kappa shape index (κ1) is 30.2. The molecule has 0 bridgehead atoms. The molecule has 1 amide bonds. The third-order valence-electron chi connectivity index (χ3n) is 7.33. The molecule has 0 saturated heterocycles. The Bertz CT molecular complexity index is 1600. The molecule has 1 aliphatic rings. The largest absolute Gasteiger partial charge is 0.444 e. The second-order valence-electron chi connectivity index (χ2n) is 12.4. The van der Waals surface area contributed by atoms with Gasteiger partial charge < -0.3 is 9.47 Å². The lowest BCUT2D eigenvalue weighted by Crippen LogP contribution is -2.27. The fourth-order valence-electron chi connectivity index (χ4n) is 5.05. The summed E-state index contributed by atoms with van der Waals surface area (Å²) in [6.07, 6.45) is 2.65. The molecule has 0 radical (unpaired) electrons. The summed E-state index contributed by atoms with van der Waals surface area (Å²) in [6, 6.07) is 25.7. The highest BCUT2D eigenvalue weighted by atomic mass is 16.6. The Kier molecular flexibility index (Phi) is 9.11. The Hall–Kier alpha value is -4.23. The molecule has 7 heteroatoms. The van der Waals surface area contributed by atoms with Crippen molar-refractivity contribution in [2.45, 2.75) is 72.0 Å². The van der Waals surface area contributed by atoms with Gasteiger partial charge in [0.05, 0.1) is 18.0 Å². The zero-order chi connectivity index (χ0) is 30.6. The van der Waals surface area contributed by atoms with E-state index in [0.29, 0.717) is 23.9 Å². The number of anilines is 1. The molecule has 1 heterocycles. The molecule has 1 aromatic heterocycles. The number of ketones is 1. The number of nitrogens with zero attached hydrogens (tertiary/aromatic N) is 2. The Balaban J connectivity index is 1.38. The van der Waals surface area contributed by atoms with Gasteiger partial charge in [0.2, 0.25) is 0 Å². The summed E-state index contributed by atoms with van der Waals surface area (Å²) in [4.78, 5) is 26.1. The number of rotatable bonds is 11. The van der Waals surface area contributed by atoms with Gasteiger partial charge in [-0.15, -0.1) is 0 Å². The van der Waals surface area contributed by atoms with Crippen LogP contribution in [0.4, 0.5) is 10.5 Å². The van der Waals surface area contributed by atoms with Gasteiger partial charge in [-0.1, -0.05) is 55.5 Å². The van der Waals surface area contributed by atoms with Gasteiger partial charge in [0.1, 0.15) is 17.4 Å². The van der Waals surface area contributed by atoms with E-state index in [0.717, 1.165) is 34.5 Å². The molecule has 3 aromatic carbocycles. The van der Waals surface area contributed by atoms with Gasteiger partial charge in [-0.25, -0.2) is 9.48 Å².